The van der Waals surface area contributed by atoms with Crippen LogP contribution < -0.4 is 5.73 Å². The van der Waals surface area contributed by atoms with E-state index in [0.29, 0.717) is 18.0 Å². The third-order valence-corrected chi connectivity index (χ3v) is 3.97. The number of amides is 1. The second-order valence-electron chi connectivity index (χ2n) is 5.54. The molecular formula is C15H17FN4O3. The molecule has 0 unspecified atom stereocenters. The first-order valence-corrected chi connectivity index (χ1v) is 7.35. The average molecular weight is 320 g/mol. The number of aliphatic hydroxyl groups excluding tert-OH is 1. The number of likely N-dealkylation sites (tertiary alicyclic amines) is 1. The predicted octanol–water partition coefficient (Wildman–Crippen LogP) is 1.18. The molecule has 1 aromatic heterocycles. The molecule has 2 heterocycles. The van der Waals surface area contributed by atoms with Crippen molar-refractivity contribution in [3.8, 4) is 0 Å². The highest BCUT2D eigenvalue weighted by atomic mass is 19.1. The van der Waals surface area contributed by atoms with Crippen molar-refractivity contribution in [2.45, 2.75) is 25.0 Å². The Hall–Kier alpha value is -2.32. The summed E-state index contributed by atoms with van der Waals surface area (Å²) in [6, 6.07) is 5.59. The molecule has 2 aromatic rings. The Balaban J connectivity index is 1.71. The molecule has 0 bridgehead atoms. The van der Waals surface area contributed by atoms with Gasteiger partial charge in [-0.25, -0.2) is 4.39 Å². The van der Waals surface area contributed by atoms with Gasteiger partial charge in [0.15, 0.2) is 0 Å². The Morgan fingerprint density at radius 2 is 2.22 bits per heavy atom. The van der Waals surface area contributed by atoms with E-state index in [2.05, 4.69) is 10.1 Å². The van der Waals surface area contributed by atoms with Crippen molar-refractivity contribution in [3.63, 3.8) is 0 Å². The van der Waals surface area contributed by atoms with Crippen LogP contribution in [0.15, 0.2) is 28.8 Å². The van der Waals surface area contributed by atoms with Crippen molar-refractivity contribution in [1.29, 1.82) is 0 Å². The Morgan fingerprint density at radius 1 is 1.48 bits per heavy atom. The molecule has 3 rings (SSSR count). The standard InChI is InChI=1S/C15H17FN4O3/c16-10-5-3-9(4-6-10)12(21)8-20-7-1-2-11(20)15-18-14(13(17)22)19-23-15/h3-6,11-12,21H,1-2,7-8H2,(H2,17,22)/t11-,12-/m0/s1. The van der Waals surface area contributed by atoms with Gasteiger partial charge in [-0.2, -0.15) is 4.98 Å². The van der Waals surface area contributed by atoms with Crippen LogP contribution >= 0.6 is 0 Å². The quantitative estimate of drug-likeness (QED) is 0.857. The van der Waals surface area contributed by atoms with Gasteiger partial charge in [0.1, 0.15) is 5.82 Å². The number of benzene rings is 1. The van der Waals surface area contributed by atoms with Crippen LogP contribution in [0, 0.1) is 5.82 Å². The summed E-state index contributed by atoms with van der Waals surface area (Å²) in [7, 11) is 0. The average Bonchev–Trinajstić information content (AvgIpc) is 3.16. The van der Waals surface area contributed by atoms with Crippen molar-refractivity contribution in [3.05, 3.63) is 47.4 Å². The molecule has 0 aliphatic carbocycles. The van der Waals surface area contributed by atoms with Gasteiger partial charge in [-0.1, -0.05) is 17.3 Å². The van der Waals surface area contributed by atoms with Crippen molar-refractivity contribution in [1.82, 2.24) is 15.0 Å². The number of aliphatic hydroxyl groups is 1. The first-order valence-electron chi connectivity index (χ1n) is 7.35. The summed E-state index contributed by atoms with van der Waals surface area (Å²) >= 11 is 0. The van der Waals surface area contributed by atoms with Gasteiger partial charge >= 0.3 is 0 Å². The van der Waals surface area contributed by atoms with E-state index in [-0.39, 0.29) is 17.7 Å². The summed E-state index contributed by atoms with van der Waals surface area (Å²) in [4.78, 5) is 17.1. The zero-order valence-electron chi connectivity index (χ0n) is 12.4. The maximum absolute atomic E-state index is 12.9. The van der Waals surface area contributed by atoms with E-state index in [0.717, 1.165) is 19.4 Å². The van der Waals surface area contributed by atoms with Crippen LogP contribution in [0.25, 0.3) is 0 Å². The van der Waals surface area contributed by atoms with E-state index in [1.165, 1.54) is 12.1 Å². The van der Waals surface area contributed by atoms with Crippen molar-refractivity contribution >= 4 is 5.91 Å². The van der Waals surface area contributed by atoms with Crippen molar-refractivity contribution < 1.29 is 18.8 Å². The normalized spacial score (nSPS) is 19.8. The van der Waals surface area contributed by atoms with Crippen LogP contribution in [0.4, 0.5) is 4.39 Å². The molecule has 3 N–H and O–H groups in total. The van der Waals surface area contributed by atoms with E-state index in [1.54, 1.807) is 12.1 Å². The van der Waals surface area contributed by atoms with Crippen LogP contribution in [0.5, 0.6) is 0 Å². The van der Waals surface area contributed by atoms with Gasteiger partial charge in [-0.05, 0) is 37.1 Å². The number of hydrogen-bond donors (Lipinski definition) is 2. The second-order valence-corrected chi connectivity index (χ2v) is 5.54. The number of aromatic nitrogens is 2. The third-order valence-electron chi connectivity index (χ3n) is 3.97. The smallest absolute Gasteiger partial charge is 0.290 e. The molecule has 1 amide bonds. The lowest BCUT2D eigenvalue weighted by Crippen LogP contribution is -2.28. The van der Waals surface area contributed by atoms with Crippen LogP contribution in [-0.4, -0.2) is 39.1 Å². The van der Waals surface area contributed by atoms with Crippen LogP contribution in [-0.2, 0) is 0 Å². The molecule has 2 atom stereocenters. The summed E-state index contributed by atoms with van der Waals surface area (Å²) in [5, 5.41) is 13.9. The number of rotatable bonds is 5. The maximum atomic E-state index is 12.9. The highest BCUT2D eigenvalue weighted by Gasteiger charge is 2.32. The second kappa shape index (κ2) is 6.43. The van der Waals surface area contributed by atoms with Gasteiger partial charge in [-0.3, -0.25) is 9.69 Å². The highest BCUT2D eigenvalue weighted by Crippen LogP contribution is 2.32. The van der Waals surface area contributed by atoms with Crippen LogP contribution in [0.2, 0.25) is 0 Å². The summed E-state index contributed by atoms with van der Waals surface area (Å²) in [5.74, 6) is -0.908. The Bertz CT molecular complexity index is 688. The fraction of sp³-hybridized carbons (Fsp3) is 0.400. The lowest BCUT2D eigenvalue weighted by molar-refractivity contribution is 0.0967. The fourth-order valence-corrected chi connectivity index (χ4v) is 2.81. The number of primary amides is 1. The number of nitrogens with two attached hydrogens (primary N) is 1. The molecule has 122 valence electrons. The van der Waals surface area contributed by atoms with E-state index in [1.807, 2.05) is 4.90 Å². The van der Waals surface area contributed by atoms with Gasteiger partial charge in [0, 0.05) is 6.54 Å². The number of carbonyl (C=O) groups excluding carboxylic acids is 1. The lowest BCUT2D eigenvalue weighted by atomic mass is 10.1. The van der Waals surface area contributed by atoms with Crippen molar-refractivity contribution in [2.24, 2.45) is 5.73 Å². The molecular weight excluding hydrogens is 303 g/mol. The van der Waals surface area contributed by atoms with E-state index in [9.17, 15) is 14.3 Å². The van der Waals surface area contributed by atoms with Crippen LogP contribution in [0.3, 0.4) is 0 Å². The van der Waals surface area contributed by atoms with Gasteiger partial charge in [0.25, 0.3) is 11.7 Å². The minimum Gasteiger partial charge on any atom is -0.387 e. The molecule has 23 heavy (non-hydrogen) atoms. The maximum Gasteiger partial charge on any atom is 0.290 e. The Morgan fingerprint density at radius 3 is 2.87 bits per heavy atom. The number of nitrogens with zero attached hydrogens (tertiary/aromatic N) is 3. The SMILES string of the molecule is NC(=O)c1noc([C@@H]2CCCN2C[C@H](O)c2ccc(F)cc2)n1. The molecule has 1 saturated heterocycles. The molecule has 1 fully saturated rings. The topological polar surface area (TPSA) is 105 Å². The van der Waals surface area contributed by atoms with Gasteiger partial charge in [0.05, 0.1) is 12.1 Å². The first-order chi connectivity index (χ1) is 11.0. The van der Waals surface area contributed by atoms with E-state index in [4.69, 9.17) is 10.3 Å². The Kier molecular flexibility index (Phi) is 4.35. The predicted molar refractivity (Wildman–Crippen MR) is 77.7 cm³/mol. The molecule has 0 radical (unpaired) electrons. The summed E-state index contributed by atoms with van der Waals surface area (Å²) in [6.07, 6.45) is 0.945. The molecule has 0 spiro atoms. The minimum atomic E-state index is -0.755. The monoisotopic (exact) mass is 320 g/mol. The summed E-state index contributed by atoms with van der Waals surface area (Å²) in [6.45, 7) is 1.11. The fourth-order valence-electron chi connectivity index (χ4n) is 2.81. The van der Waals surface area contributed by atoms with E-state index >= 15 is 0 Å². The molecule has 8 heteroatoms. The largest absolute Gasteiger partial charge is 0.387 e. The highest BCUT2D eigenvalue weighted by molar-refractivity contribution is 5.88. The number of β-amino-alcohol motifs (C(OH)–C–C–N with tert-alkyl or cyclic N) is 1. The molecule has 1 aromatic carbocycles. The molecule has 0 saturated carbocycles. The van der Waals surface area contributed by atoms with Gasteiger partial charge < -0.3 is 15.4 Å². The van der Waals surface area contributed by atoms with E-state index < -0.39 is 12.0 Å². The summed E-state index contributed by atoms with van der Waals surface area (Å²) < 4.78 is 18.1. The van der Waals surface area contributed by atoms with Crippen LogP contribution in [0.1, 0.15) is 47.1 Å². The van der Waals surface area contributed by atoms with Gasteiger partial charge in [0.2, 0.25) is 5.89 Å². The van der Waals surface area contributed by atoms with Crippen molar-refractivity contribution in [2.75, 3.05) is 13.1 Å². The molecule has 1 aliphatic rings. The first kappa shape index (κ1) is 15.6. The molecule has 7 nitrogen and oxygen atoms in total. The number of carbonyl (C=O) groups is 1. The number of halogens is 1. The molecule has 1 aliphatic heterocycles. The number of hydrogen-bond acceptors (Lipinski definition) is 6. The van der Waals surface area contributed by atoms with Gasteiger partial charge in [-0.15, -0.1) is 0 Å². The summed E-state index contributed by atoms with van der Waals surface area (Å²) in [5.41, 5.74) is 5.76. The zero-order chi connectivity index (χ0) is 16.4. The third kappa shape index (κ3) is 3.38. The lowest BCUT2D eigenvalue weighted by Gasteiger charge is -2.24. The Labute approximate surface area is 131 Å². The zero-order valence-corrected chi connectivity index (χ0v) is 12.4. The minimum absolute atomic E-state index is 0.147.